The smallest absolute Gasteiger partial charge is 0.248 e. The molecule has 3 rings (SSSR count). The standard InChI is InChI=1S/C17H24N2O4/c1-21-13-17(20)19-6-9-23-16-3-2-14(10-15(16)12-19)11-18-4-7-22-8-5-18/h2-3,10H,4-9,11-13H2,1H3. The van der Waals surface area contributed by atoms with E-state index in [4.69, 9.17) is 14.2 Å². The molecule has 6 heteroatoms. The number of nitrogens with zero attached hydrogens (tertiary/aromatic N) is 2. The molecule has 1 fully saturated rings. The lowest BCUT2D eigenvalue weighted by atomic mass is 10.1. The zero-order chi connectivity index (χ0) is 16.1. The number of ether oxygens (including phenoxy) is 3. The van der Waals surface area contributed by atoms with E-state index in [9.17, 15) is 4.79 Å². The molecule has 2 heterocycles. The molecule has 0 saturated carbocycles. The zero-order valence-electron chi connectivity index (χ0n) is 13.6. The summed E-state index contributed by atoms with van der Waals surface area (Å²) in [6.07, 6.45) is 0. The van der Waals surface area contributed by atoms with Crippen molar-refractivity contribution in [3.63, 3.8) is 0 Å². The molecule has 1 aromatic rings. The highest BCUT2D eigenvalue weighted by Crippen LogP contribution is 2.25. The van der Waals surface area contributed by atoms with Crippen LogP contribution in [0.5, 0.6) is 5.75 Å². The minimum atomic E-state index is 0.00234. The summed E-state index contributed by atoms with van der Waals surface area (Å²) in [6.45, 7) is 6.24. The van der Waals surface area contributed by atoms with Gasteiger partial charge in [0.15, 0.2) is 0 Å². The van der Waals surface area contributed by atoms with Crippen molar-refractivity contribution in [2.75, 3.05) is 53.2 Å². The SMILES string of the molecule is COCC(=O)N1CCOc2ccc(CN3CCOCC3)cc2C1. The second-order valence-corrected chi connectivity index (χ2v) is 5.93. The molecule has 1 aromatic carbocycles. The summed E-state index contributed by atoms with van der Waals surface area (Å²) in [6, 6.07) is 6.29. The molecule has 1 saturated heterocycles. The van der Waals surface area contributed by atoms with Crippen LogP contribution < -0.4 is 4.74 Å². The minimum absolute atomic E-state index is 0.00234. The van der Waals surface area contributed by atoms with Gasteiger partial charge in [-0.3, -0.25) is 9.69 Å². The van der Waals surface area contributed by atoms with Gasteiger partial charge in [0.05, 0.1) is 19.8 Å². The van der Waals surface area contributed by atoms with Crippen molar-refractivity contribution >= 4 is 5.91 Å². The van der Waals surface area contributed by atoms with E-state index in [1.54, 1.807) is 12.0 Å². The van der Waals surface area contributed by atoms with Gasteiger partial charge in [-0.15, -0.1) is 0 Å². The topological polar surface area (TPSA) is 51.2 Å². The summed E-state index contributed by atoms with van der Waals surface area (Å²) in [5.74, 6) is 0.881. The molecule has 2 aliphatic rings. The average Bonchev–Trinajstić information content (AvgIpc) is 2.78. The summed E-state index contributed by atoms with van der Waals surface area (Å²) in [4.78, 5) is 16.3. The van der Waals surface area contributed by atoms with Gasteiger partial charge in [-0.1, -0.05) is 6.07 Å². The lowest BCUT2D eigenvalue weighted by Gasteiger charge is -2.27. The summed E-state index contributed by atoms with van der Waals surface area (Å²) < 4.78 is 16.1. The molecule has 0 radical (unpaired) electrons. The maximum atomic E-state index is 12.1. The van der Waals surface area contributed by atoms with Crippen LogP contribution in [0.15, 0.2) is 18.2 Å². The van der Waals surface area contributed by atoms with Crippen LogP contribution in [0, 0.1) is 0 Å². The molecule has 0 spiro atoms. The Kier molecular flexibility index (Phi) is 5.48. The monoisotopic (exact) mass is 320 g/mol. The molecular formula is C17H24N2O4. The van der Waals surface area contributed by atoms with E-state index in [1.165, 1.54) is 5.56 Å². The Balaban J connectivity index is 1.71. The van der Waals surface area contributed by atoms with Crippen molar-refractivity contribution in [2.24, 2.45) is 0 Å². The van der Waals surface area contributed by atoms with Crippen LogP contribution >= 0.6 is 0 Å². The largest absolute Gasteiger partial charge is 0.491 e. The van der Waals surface area contributed by atoms with Gasteiger partial charge in [0.1, 0.15) is 19.0 Å². The first kappa shape index (κ1) is 16.2. The molecule has 1 amide bonds. The quantitative estimate of drug-likeness (QED) is 0.824. The number of carbonyl (C=O) groups excluding carboxylic acids is 1. The number of morpholine rings is 1. The molecule has 23 heavy (non-hydrogen) atoms. The van der Waals surface area contributed by atoms with Gasteiger partial charge in [0.2, 0.25) is 5.91 Å². The normalized spacial score (nSPS) is 18.9. The van der Waals surface area contributed by atoms with Crippen molar-refractivity contribution < 1.29 is 19.0 Å². The lowest BCUT2D eigenvalue weighted by molar-refractivity contribution is -0.135. The first-order valence-corrected chi connectivity index (χ1v) is 8.07. The van der Waals surface area contributed by atoms with Gasteiger partial charge >= 0.3 is 0 Å². The van der Waals surface area contributed by atoms with E-state index < -0.39 is 0 Å². The fourth-order valence-electron chi connectivity index (χ4n) is 2.99. The molecule has 0 aliphatic carbocycles. The molecule has 0 atom stereocenters. The molecular weight excluding hydrogens is 296 g/mol. The van der Waals surface area contributed by atoms with E-state index in [2.05, 4.69) is 17.0 Å². The second-order valence-electron chi connectivity index (χ2n) is 5.93. The van der Waals surface area contributed by atoms with E-state index in [0.29, 0.717) is 19.7 Å². The van der Waals surface area contributed by atoms with Crippen LogP contribution in [0.25, 0.3) is 0 Å². The molecule has 0 unspecified atom stereocenters. The van der Waals surface area contributed by atoms with Crippen LogP contribution in [0.2, 0.25) is 0 Å². The Bertz CT molecular complexity index is 543. The highest BCUT2D eigenvalue weighted by Gasteiger charge is 2.20. The van der Waals surface area contributed by atoms with E-state index in [0.717, 1.165) is 44.2 Å². The van der Waals surface area contributed by atoms with Crippen LogP contribution in [-0.4, -0.2) is 68.9 Å². The Morgan fingerprint density at radius 2 is 2.04 bits per heavy atom. The van der Waals surface area contributed by atoms with Crippen molar-refractivity contribution in [3.05, 3.63) is 29.3 Å². The fourth-order valence-corrected chi connectivity index (χ4v) is 2.99. The second kappa shape index (κ2) is 7.77. The van der Waals surface area contributed by atoms with Crippen LogP contribution in [0.1, 0.15) is 11.1 Å². The third-order valence-electron chi connectivity index (χ3n) is 4.24. The first-order chi connectivity index (χ1) is 11.3. The molecule has 0 N–H and O–H groups in total. The predicted octanol–water partition coefficient (Wildman–Crippen LogP) is 0.886. The summed E-state index contributed by atoms with van der Waals surface area (Å²) in [7, 11) is 1.54. The van der Waals surface area contributed by atoms with E-state index >= 15 is 0 Å². The molecule has 6 nitrogen and oxygen atoms in total. The Hall–Kier alpha value is -1.63. The number of benzene rings is 1. The fraction of sp³-hybridized carbons (Fsp3) is 0.588. The molecule has 0 bridgehead atoms. The third kappa shape index (κ3) is 4.22. The zero-order valence-corrected chi connectivity index (χ0v) is 13.6. The summed E-state index contributed by atoms with van der Waals surface area (Å²) in [5.41, 5.74) is 2.31. The highest BCUT2D eigenvalue weighted by molar-refractivity contribution is 5.77. The van der Waals surface area contributed by atoms with E-state index in [-0.39, 0.29) is 12.5 Å². The Labute approximate surface area is 136 Å². The van der Waals surface area contributed by atoms with Crippen molar-refractivity contribution in [3.8, 4) is 5.75 Å². The van der Waals surface area contributed by atoms with Crippen LogP contribution in [0.3, 0.4) is 0 Å². The predicted molar refractivity (Wildman–Crippen MR) is 85.3 cm³/mol. The number of hydrogen-bond acceptors (Lipinski definition) is 5. The first-order valence-electron chi connectivity index (χ1n) is 8.07. The number of methoxy groups -OCH3 is 1. The van der Waals surface area contributed by atoms with Crippen molar-refractivity contribution in [2.45, 2.75) is 13.1 Å². The van der Waals surface area contributed by atoms with Crippen molar-refractivity contribution in [1.29, 1.82) is 0 Å². The number of hydrogen-bond donors (Lipinski definition) is 0. The molecule has 2 aliphatic heterocycles. The van der Waals surface area contributed by atoms with Gasteiger partial charge in [-0.25, -0.2) is 0 Å². The number of amides is 1. The van der Waals surface area contributed by atoms with Gasteiger partial charge in [-0.2, -0.15) is 0 Å². The summed E-state index contributed by atoms with van der Waals surface area (Å²) >= 11 is 0. The van der Waals surface area contributed by atoms with Gasteiger partial charge < -0.3 is 19.1 Å². The van der Waals surface area contributed by atoms with Crippen molar-refractivity contribution in [1.82, 2.24) is 9.80 Å². The number of carbonyl (C=O) groups is 1. The van der Waals surface area contributed by atoms with Gasteiger partial charge in [0.25, 0.3) is 0 Å². The lowest BCUT2D eigenvalue weighted by Crippen LogP contribution is -2.35. The molecule has 0 aromatic heterocycles. The van der Waals surface area contributed by atoms with Crippen LogP contribution in [0.4, 0.5) is 0 Å². The van der Waals surface area contributed by atoms with E-state index in [1.807, 2.05) is 6.07 Å². The average molecular weight is 320 g/mol. The maximum absolute atomic E-state index is 12.1. The highest BCUT2D eigenvalue weighted by atomic mass is 16.5. The molecule has 126 valence electrons. The maximum Gasteiger partial charge on any atom is 0.248 e. The van der Waals surface area contributed by atoms with Crippen LogP contribution in [-0.2, 0) is 27.4 Å². The Morgan fingerprint density at radius 1 is 1.22 bits per heavy atom. The minimum Gasteiger partial charge on any atom is -0.491 e. The van der Waals surface area contributed by atoms with Gasteiger partial charge in [-0.05, 0) is 17.7 Å². The summed E-state index contributed by atoms with van der Waals surface area (Å²) in [5, 5.41) is 0. The Morgan fingerprint density at radius 3 is 2.83 bits per heavy atom. The third-order valence-corrected chi connectivity index (χ3v) is 4.24. The van der Waals surface area contributed by atoms with Gasteiger partial charge in [0, 0.05) is 38.9 Å². The number of fused-ring (bicyclic) bond motifs is 1. The number of rotatable bonds is 4.